The molecule has 39 heavy (non-hydrogen) atoms. The minimum absolute atomic E-state index is 0.00483. The molecule has 13 heteroatoms. The number of rotatable bonds is 6. The van der Waals surface area contributed by atoms with E-state index in [0.29, 0.717) is 30.5 Å². The van der Waals surface area contributed by atoms with E-state index in [1.54, 1.807) is 0 Å². The van der Waals surface area contributed by atoms with Crippen molar-refractivity contribution in [2.45, 2.75) is 68.0 Å². The molecule has 2 aromatic carbocycles. The van der Waals surface area contributed by atoms with Gasteiger partial charge in [0.2, 0.25) is 5.91 Å². The first-order valence-corrected chi connectivity index (χ1v) is 14.1. The lowest BCUT2D eigenvalue weighted by Gasteiger charge is -2.31. The predicted molar refractivity (Wildman–Crippen MR) is 127 cm³/mol. The molecule has 1 heterocycles. The van der Waals surface area contributed by atoms with E-state index < -0.39 is 74.5 Å². The molecule has 1 amide bonds. The van der Waals surface area contributed by atoms with Crippen LogP contribution >= 0.6 is 0 Å². The van der Waals surface area contributed by atoms with E-state index in [4.69, 9.17) is 4.74 Å². The lowest BCUT2D eigenvalue weighted by atomic mass is 9.82. The average Bonchev–Trinajstić information content (AvgIpc) is 3.41. The van der Waals surface area contributed by atoms with Crippen molar-refractivity contribution in [3.63, 3.8) is 0 Å². The van der Waals surface area contributed by atoms with Gasteiger partial charge in [-0.15, -0.1) is 0 Å². The molecule has 0 aromatic heterocycles. The van der Waals surface area contributed by atoms with Crippen LogP contribution in [-0.2, 0) is 31.7 Å². The van der Waals surface area contributed by atoms with Crippen LogP contribution in [0.4, 0.5) is 30.7 Å². The molecule has 0 unspecified atom stereocenters. The fraction of sp³-hybridized carbons (Fsp3) is 0.500. The van der Waals surface area contributed by atoms with Gasteiger partial charge in [0.15, 0.2) is 9.84 Å². The van der Waals surface area contributed by atoms with Crippen LogP contribution in [0.5, 0.6) is 0 Å². The molecule has 2 fully saturated rings. The number of alkyl halides is 6. The first kappa shape index (κ1) is 29.3. The number of halogens is 7. The van der Waals surface area contributed by atoms with Crippen LogP contribution in [0.15, 0.2) is 42.5 Å². The van der Waals surface area contributed by atoms with Crippen molar-refractivity contribution < 1.29 is 48.7 Å². The molecule has 0 spiro atoms. The summed E-state index contributed by atoms with van der Waals surface area (Å²) in [6, 6.07) is 6.12. The molecule has 1 aliphatic heterocycles. The summed E-state index contributed by atoms with van der Waals surface area (Å²) in [6.07, 6.45) is -10.2. The van der Waals surface area contributed by atoms with Crippen molar-refractivity contribution in [3.8, 4) is 0 Å². The maximum absolute atomic E-state index is 13.7. The highest BCUT2D eigenvalue weighted by molar-refractivity contribution is 7.92. The zero-order chi connectivity index (χ0) is 28.9. The Morgan fingerprint density at radius 3 is 2.00 bits per heavy atom. The van der Waals surface area contributed by atoms with Crippen molar-refractivity contribution in [2.75, 3.05) is 6.26 Å². The molecule has 0 bridgehead atoms. The summed E-state index contributed by atoms with van der Waals surface area (Å²) in [7, 11) is -3.68. The second kappa shape index (κ2) is 10.4. The van der Waals surface area contributed by atoms with E-state index in [1.807, 2.05) is 0 Å². The molecular formula is C26H26F7NO4S. The Morgan fingerprint density at radius 1 is 0.949 bits per heavy atom. The van der Waals surface area contributed by atoms with E-state index in [9.17, 15) is 43.9 Å². The highest BCUT2D eigenvalue weighted by Gasteiger charge is 2.49. The van der Waals surface area contributed by atoms with Gasteiger partial charge in [0.25, 0.3) is 0 Å². The van der Waals surface area contributed by atoms with Crippen LogP contribution in [0.25, 0.3) is 0 Å². The second-order valence-corrected chi connectivity index (χ2v) is 12.4. The van der Waals surface area contributed by atoms with Crippen molar-refractivity contribution in [1.82, 2.24) is 5.32 Å². The summed E-state index contributed by atoms with van der Waals surface area (Å²) in [5, 5.41) is 1.48. The summed E-state index contributed by atoms with van der Waals surface area (Å²) in [5.74, 6) is -2.06. The molecular weight excluding hydrogens is 555 g/mol. The smallest absolute Gasteiger partial charge is 0.370 e. The SMILES string of the molecule is C[C@@H](O[C@H]1CC[C@@H]([C@H]2C[C@H](S(C)(=O)=O)C(=O)N2)[C@@H]1c1ccc(F)cc1)c1cc(C(F)(F)F)cc(C(F)(F)F)c1. The fourth-order valence-corrected chi connectivity index (χ4v) is 6.63. The first-order chi connectivity index (χ1) is 17.9. The molecule has 5 nitrogen and oxygen atoms in total. The van der Waals surface area contributed by atoms with E-state index in [1.165, 1.54) is 31.2 Å². The first-order valence-electron chi connectivity index (χ1n) is 12.1. The number of carbonyl (C=O) groups excluding carboxylic acids is 1. The molecule has 214 valence electrons. The maximum Gasteiger partial charge on any atom is 0.416 e. The average molecular weight is 582 g/mol. The van der Waals surface area contributed by atoms with Gasteiger partial charge in [-0.2, -0.15) is 26.3 Å². The molecule has 1 saturated carbocycles. The number of hydrogen-bond donors (Lipinski definition) is 1. The molecule has 1 saturated heterocycles. The second-order valence-electron chi connectivity index (χ2n) is 10.1. The van der Waals surface area contributed by atoms with Crippen LogP contribution < -0.4 is 5.32 Å². The maximum atomic E-state index is 13.7. The van der Waals surface area contributed by atoms with Crippen LogP contribution in [0.1, 0.15) is 60.5 Å². The van der Waals surface area contributed by atoms with Crippen molar-refractivity contribution >= 4 is 15.7 Å². The lowest BCUT2D eigenvalue weighted by Crippen LogP contribution is -2.36. The largest absolute Gasteiger partial charge is 0.416 e. The molecule has 2 aliphatic rings. The molecule has 1 aliphatic carbocycles. The van der Waals surface area contributed by atoms with E-state index in [0.717, 1.165) is 6.26 Å². The lowest BCUT2D eigenvalue weighted by molar-refractivity contribution is -0.143. The number of carbonyl (C=O) groups is 1. The van der Waals surface area contributed by atoms with Gasteiger partial charge in [0.1, 0.15) is 11.1 Å². The monoisotopic (exact) mass is 581 g/mol. The summed E-state index contributed by atoms with van der Waals surface area (Å²) in [5.41, 5.74) is -2.64. The normalized spacial score (nSPS) is 27.0. The summed E-state index contributed by atoms with van der Waals surface area (Å²) in [6.45, 7) is 1.35. The van der Waals surface area contributed by atoms with Gasteiger partial charge in [0.05, 0.1) is 23.3 Å². The van der Waals surface area contributed by atoms with Gasteiger partial charge >= 0.3 is 12.4 Å². The summed E-state index contributed by atoms with van der Waals surface area (Å²) in [4.78, 5) is 12.4. The third-order valence-corrected chi connectivity index (χ3v) is 8.92. The molecule has 0 radical (unpaired) electrons. The van der Waals surface area contributed by atoms with Crippen molar-refractivity contribution in [2.24, 2.45) is 5.92 Å². The fourth-order valence-electron chi connectivity index (χ4n) is 5.62. The Labute approximate surface area is 220 Å². The number of nitrogens with one attached hydrogen (secondary N) is 1. The van der Waals surface area contributed by atoms with E-state index >= 15 is 0 Å². The highest BCUT2D eigenvalue weighted by Crippen LogP contribution is 2.47. The molecule has 6 atom stereocenters. The molecule has 4 rings (SSSR count). The Balaban J connectivity index is 1.65. The Kier molecular flexibility index (Phi) is 7.80. The highest BCUT2D eigenvalue weighted by atomic mass is 32.2. The van der Waals surface area contributed by atoms with Gasteiger partial charge in [-0.05, 0) is 73.6 Å². The number of ether oxygens (including phenoxy) is 1. The zero-order valence-corrected chi connectivity index (χ0v) is 21.6. The van der Waals surface area contributed by atoms with Crippen LogP contribution in [0.2, 0.25) is 0 Å². The Morgan fingerprint density at radius 2 is 1.51 bits per heavy atom. The Hall–Kier alpha value is -2.67. The Bertz CT molecular complexity index is 1290. The van der Waals surface area contributed by atoms with Crippen LogP contribution in [0, 0.1) is 11.7 Å². The summed E-state index contributed by atoms with van der Waals surface area (Å²) >= 11 is 0. The van der Waals surface area contributed by atoms with Crippen LogP contribution in [-0.4, -0.2) is 38.0 Å². The zero-order valence-electron chi connectivity index (χ0n) is 20.8. The predicted octanol–water partition coefficient (Wildman–Crippen LogP) is 5.81. The molecule has 2 aromatic rings. The third kappa shape index (κ3) is 6.40. The third-order valence-electron chi connectivity index (χ3n) is 7.48. The number of benzene rings is 2. The quantitative estimate of drug-likeness (QED) is 0.438. The number of hydrogen-bond acceptors (Lipinski definition) is 4. The van der Waals surface area contributed by atoms with Crippen molar-refractivity contribution in [3.05, 3.63) is 70.5 Å². The van der Waals surface area contributed by atoms with Gasteiger partial charge < -0.3 is 10.1 Å². The number of sulfone groups is 1. The van der Waals surface area contributed by atoms with Gasteiger partial charge in [-0.3, -0.25) is 4.79 Å². The van der Waals surface area contributed by atoms with Gasteiger partial charge in [0, 0.05) is 18.2 Å². The van der Waals surface area contributed by atoms with E-state index in [2.05, 4.69) is 5.32 Å². The van der Waals surface area contributed by atoms with E-state index in [-0.39, 0.29) is 24.0 Å². The molecule has 1 N–H and O–H groups in total. The summed E-state index contributed by atoms with van der Waals surface area (Å²) < 4.78 is 124. The topological polar surface area (TPSA) is 72.5 Å². The van der Waals surface area contributed by atoms with Gasteiger partial charge in [-0.1, -0.05) is 12.1 Å². The standard InChI is InChI=1S/C26H26F7NO4S/c1-13(15-9-16(25(28,29)30)11-17(10-15)26(31,32)33)38-21-8-7-19(23(21)14-3-5-18(27)6-4-14)20-12-22(24(35)34-20)39(2,36)37/h3-6,9-11,13,19-23H,7-8,12H2,1-2H3,(H,34,35)/t13-,19+,20-,21+,22+,23+/m1/s1. The van der Waals surface area contributed by atoms with Gasteiger partial charge in [-0.25, -0.2) is 12.8 Å². The van der Waals surface area contributed by atoms with Crippen LogP contribution in [0.3, 0.4) is 0 Å². The minimum Gasteiger partial charge on any atom is -0.370 e. The van der Waals surface area contributed by atoms with Crippen molar-refractivity contribution in [1.29, 1.82) is 0 Å². The number of amides is 1. The minimum atomic E-state index is -5.01.